The van der Waals surface area contributed by atoms with Gasteiger partial charge in [-0.3, -0.25) is 9.36 Å². The van der Waals surface area contributed by atoms with Crippen LogP contribution in [0.25, 0.3) is 6.08 Å². The van der Waals surface area contributed by atoms with E-state index in [4.69, 9.17) is 16.3 Å². The van der Waals surface area contributed by atoms with E-state index < -0.39 is 12.0 Å². The zero-order valence-electron chi connectivity index (χ0n) is 18.1. The molecule has 5 rings (SSSR count). The molecule has 34 heavy (non-hydrogen) atoms. The van der Waals surface area contributed by atoms with Crippen LogP contribution in [-0.4, -0.2) is 10.5 Å². The van der Waals surface area contributed by atoms with Gasteiger partial charge in [0.25, 0.3) is 5.56 Å². The van der Waals surface area contributed by atoms with Crippen molar-refractivity contribution in [2.75, 3.05) is 0 Å². The topological polar surface area (TPSA) is 60.7 Å². The fourth-order valence-corrected chi connectivity index (χ4v) is 5.81. The normalized spacial score (nSPS) is 15.7. The van der Waals surface area contributed by atoms with Crippen molar-refractivity contribution in [2.24, 2.45) is 4.99 Å². The van der Waals surface area contributed by atoms with E-state index in [1.165, 1.54) is 22.7 Å². The number of halogens is 1. The minimum absolute atomic E-state index is 0.147. The molecule has 1 aliphatic rings. The lowest BCUT2D eigenvalue weighted by atomic mass is 10.0. The highest BCUT2D eigenvalue weighted by atomic mass is 35.5. The van der Waals surface area contributed by atoms with Crippen LogP contribution in [0.2, 0.25) is 5.02 Å². The van der Waals surface area contributed by atoms with Crippen molar-refractivity contribution in [1.29, 1.82) is 0 Å². The Kier molecular flexibility index (Phi) is 6.32. The summed E-state index contributed by atoms with van der Waals surface area (Å²) in [6.45, 7) is 1.94. The zero-order valence-corrected chi connectivity index (χ0v) is 20.5. The molecule has 0 fully saturated rings. The van der Waals surface area contributed by atoms with E-state index in [1.807, 2.05) is 66.1 Å². The number of thiazole rings is 1. The first kappa shape index (κ1) is 22.5. The minimum Gasteiger partial charge on any atom is -0.457 e. The molecule has 0 N–H and O–H groups in total. The molecule has 3 heterocycles. The number of carbonyl (C=O) groups is 1. The number of hydrogen-bond donors (Lipinski definition) is 0. The van der Waals surface area contributed by atoms with Gasteiger partial charge in [-0.25, -0.2) is 9.79 Å². The number of allylic oxidation sites excluding steroid dienone is 1. The molecular formula is C26H19ClN2O3S2. The van der Waals surface area contributed by atoms with Crippen LogP contribution < -0.4 is 14.9 Å². The third-order valence-corrected chi connectivity index (χ3v) is 7.59. The first-order chi connectivity index (χ1) is 16.5. The Balaban J connectivity index is 1.58. The minimum atomic E-state index is -0.591. The summed E-state index contributed by atoms with van der Waals surface area (Å²) >= 11 is 8.78. The van der Waals surface area contributed by atoms with E-state index in [2.05, 4.69) is 4.99 Å². The van der Waals surface area contributed by atoms with Crippen LogP contribution in [0.15, 0.2) is 93.2 Å². The third-order valence-electron chi connectivity index (χ3n) is 5.43. The van der Waals surface area contributed by atoms with Crippen LogP contribution in [0, 0.1) is 0 Å². The quantitative estimate of drug-likeness (QED) is 0.369. The summed E-state index contributed by atoms with van der Waals surface area (Å²) in [5, 5.41) is 2.56. The number of nitrogens with zero attached hydrogens (tertiary/aromatic N) is 2. The summed E-state index contributed by atoms with van der Waals surface area (Å²) in [4.78, 5) is 32.9. The summed E-state index contributed by atoms with van der Waals surface area (Å²) in [5.41, 5.74) is 2.49. The van der Waals surface area contributed by atoms with Gasteiger partial charge >= 0.3 is 5.97 Å². The predicted molar refractivity (Wildman–Crippen MR) is 136 cm³/mol. The van der Waals surface area contributed by atoms with Gasteiger partial charge in [0.05, 0.1) is 15.8 Å². The largest absolute Gasteiger partial charge is 0.457 e. The van der Waals surface area contributed by atoms with Gasteiger partial charge in [-0.1, -0.05) is 71.5 Å². The summed E-state index contributed by atoms with van der Waals surface area (Å²) in [6.07, 6.45) is 1.82. The SMILES string of the molecule is CC1=C(C(=O)OCc2ccccc2)[C@@H](c2cccs2)n2c(s/c(=C/c3ccc(Cl)cc3)c2=O)=N1. The smallest absolute Gasteiger partial charge is 0.338 e. The lowest BCUT2D eigenvalue weighted by Gasteiger charge is -2.23. The van der Waals surface area contributed by atoms with Gasteiger partial charge in [0.15, 0.2) is 4.80 Å². The van der Waals surface area contributed by atoms with Gasteiger partial charge in [0, 0.05) is 9.90 Å². The van der Waals surface area contributed by atoms with Gasteiger partial charge in [-0.2, -0.15) is 0 Å². The number of ether oxygens (including phenoxy) is 1. The molecule has 0 unspecified atom stereocenters. The molecule has 0 amide bonds. The predicted octanol–water partition coefficient (Wildman–Crippen LogP) is 4.69. The second-order valence-electron chi connectivity index (χ2n) is 7.71. The standard InChI is InChI=1S/C26H19ClN2O3S2/c1-16-22(25(31)32-15-18-6-3-2-4-7-18)23(20-8-5-13-33-20)29-24(30)21(34-26(29)28-16)14-17-9-11-19(27)12-10-17/h2-14,23H,15H2,1H3/b21-14+/t23-/m1/s1. The fourth-order valence-electron chi connectivity index (χ4n) is 3.81. The van der Waals surface area contributed by atoms with Crippen molar-refractivity contribution in [3.63, 3.8) is 0 Å². The van der Waals surface area contributed by atoms with Gasteiger partial charge in [0.2, 0.25) is 0 Å². The number of rotatable bonds is 5. The average molecular weight is 507 g/mol. The molecule has 8 heteroatoms. The van der Waals surface area contributed by atoms with Crippen LogP contribution in [0.4, 0.5) is 0 Å². The van der Waals surface area contributed by atoms with Gasteiger partial charge in [0.1, 0.15) is 12.6 Å². The molecule has 0 saturated carbocycles. The van der Waals surface area contributed by atoms with Crippen molar-refractivity contribution in [3.05, 3.63) is 124 Å². The number of hydrogen-bond acceptors (Lipinski definition) is 6. The van der Waals surface area contributed by atoms with Crippen molar-refractivity contribution >= 4 is 46.3 Å². The molecule has 1 aliphatic heterocycles. The Bertz CT molecular complexity index is 1550. The Morgan fingerprint density at radius 3 is 2.59 bits per heavy atom. The van der Waals surface area contributed by atoms with E-state index in [-0.39, 0.29) is 12.2 Å². The van der Waals surface area contributed by atoms with Crippen molar-refractivity contribution in [3.8, 4) is 0 Å². The summed E-state index contributed by atoms with van der Waals surface area (Å²) in [6, 6.07) is 20.0. The van der Waals surface area contributed by atoms with Gasteiger partial charge < -0.3 is 4.74 Å². The Morgan fingerprint density at radius 2 is 1.88 bits per heavy atom. The third kappa shape index (κ3) is 4.42. The van der Waals surface area contributed by atoms with Crippen molar-refractivity contribution in [1.82, 2.24) is 4.57 Å². The first-order valence-corrected chi connectivity index (χ1v) is 12.6. The number of benzene rings is 2. The van der Waals surface area contributed by atoms with E-state index in [0.29, 0.717) is 25.6 Å². The lowest BCUT2D eigenvalue weighted by Crippen LogP contribution is -2.39. The molecule has 2 aromatic heterocycles. The maximum absolute atomic E-state index is 13.5. The zero-order chi connectivity index (χ0) is 23.7. The second-order valence-corrected chi connectivity index (χ2v) is 10.1. The molecule has 0 spiro atoms. The maximum atomic E-state index is 13.5. The van der Waals surface area contributed by atoms with E-state index in [9.17, 15) is 9.59 Å². The molecule has 0 bridgehead atoms. The van der Waals surface area contributed by atoms with Crippen molar-refractivity contribution < 1.29 is 9.53 Å². The van der Waals surface area contributed by atoms with Crippen LogP contribution in [0.3, 0.4) is 0 Å². The summed E-state index contributed by atoms with van der Waals surface area (Å²) in [7, 11) is 0. The number of carbonyl (C=O) groups excluding carboxylic acids is 1. The average Bonchev–Trinajstić information content (AvgIpc) is 3.47. The van der Waals surface area contributed by atoms with E-state index in [1.54, 1.807) is 23.6 Å². The van der Waals surface area contributed by atoms with Gasteiger partial charge in [-0.15, -0.1) is 11.3 Å². The monoisotopic (exact) mass is 506 g/mol. The van der Waals surface area contributed by atoms with Crippen LogP contribution in [0.5, 0.6) is 0 Å². The molecule has 1 atom stereocenters. The van der Waals surface area contributed by atoms with Crippen LogP contribution in [0.1, 0.15) is 29.0 Å². The first-order valence-electron chi connectivity index (χ1n) is 10.5. The molecule has 4 aromatic rings. The van der Waals surface area contributed by atoms with E-state index in [0.717, 1.165) is 16.0 Å². The molecule has 5 nitrogen and oxygen atoms in total. The van der Waals surface area contributed by atoms with Crippen LogP contribution >= 0.6 is 34.3 Å². The fraction of sp³-hybridized carbons (Fsp3) is 0.115. The molecule has 2 aromatic carbocycles. The molecule has 0 radical (unpaired) electrons. The Labute approximate surface area is 208 Å². The second kappa shape index (κ2) is 9.54. The Morgan fingerprint density at radius 1 is 1.12 bits per heavy atom. The maximum Gasteiger partial charge on any atom is 0.338 e. The number of fused-ring (bicyclic) bond motifs is 1. The van der Waals surface area contributed by atoms with E-state index >= 15 is 0 Å². The molecule has 0 aliphatic carbocycles. The molecular weight excluding hydrogens is 488 g/mol. The highest BCUT2D eigenvalue weighted by Gasteiger charge is 2.34. The summed E-state index contributed by atoms with van der Waals surface area (Å²) < 4.78 is 7.79. The number of esters is 1. The summed E-state index contributed by atoms with van der Waals surface area (Å²) in [5.74, 6) is -0.476. The van der Waals surface area contributed by atoms with Crippen molar-refractivity contribution in [2.45, 2.75) is 19.6 Å². The molecule has 170 valence electrons. The highest BCUT2D eigenvalue weighted by Crippen LogP contribution is 2.33. The van der Waals surface area contributed by atoms with Gasteiger partial charge in [-0.05, 0) is 47.7 Å². The highest BCUT2D eigenvalue weighted by molar-refractivity contribution is 7.10. The lowest BCUT2D eigenvalue weighted by molar-refractivity contribution is -0.140. The van der Waals surface area contributed by atoms with Crippen LogP contribution in [-0.2, 0) is 16.1 Å². The Hall–Kier alpha value is -3.26. The molecule has 0 saturated heterocycles. The number of thiophene rings is 1. The number of aromatic nitrogens is 1.